The molecule has 12 nitrogen and oxygen atoms in total. The lowest BCUT2D eigenvalue weighted by Gasteiger charge is -2.62. The van der Waals surface area contributed by atoms with Crippen molar-refractivity contribution in [1.82, 2.24) is 15.2 Å². The average Bonchev–Trinajstić information content (AvgIpc) is 3.28. The summed E-state index contributed by atoms with van der Waals surface area (Å²) in [5.74, 6) is -0.738. The molecule has 0 spiro atoms. The maximum absolute atomic E-state index is 13.5. The van der Waals surface area contributed by atoms with Crippen LogP contribution in [0.25, 0.3) is 0 Å². The maximum atomic E-state index is 13.5. The van der Waals surface area contributed by atoms with Crippen LogP contribution in [0.15, 0.2) is 127 Å². The van der Waals surface area contributed by atoms with Crippen molar-refractivity contribution in [1.29, 1.82) is 0 Å². The van der Waals surface area contributed by atoms with Gasteiger partial charge in [-0.1, -0.05) is 67.4 Å². The van der Waals surface area contributed by atoms with Gasteiger partial charge < -0.3 is 14.2 Å². The summed E-state index contributed by atoms with van der Waals surface area (Å²) in [5.41, 5.74) is -3.03. The summed E-state index contributed by atoms with van der Waals surface area (Å²) >= 11 is 0. The van der Waals surface area contributed by atoms with Gasteiger partial charge in [0.1, 0.15) is 23.4 Å². The van der Waals surface area contributed by atoms with E-state index in [1.54, 1.807) is 36.4 Å². The Hall–Kier alpha value is -4.95. The maximum Gasteiger partial charge on any atom is 0.343 e. The van der Waals surface area contributed by atoms with Crippen LogP contribution < -0.4 is 0 Å². The van der Waals surface area contributed by atoms with E-state index >= 15 is 0 Å². The van der Waals surface area contributed by atoms with Crippen LogP contribution in [0.1, 0.15) is 172 Å². The van der Waals surface area contributed by atoms with Crippen LogP contribution >= 0.6 is 0 Å². The van der Waals surface area contributed by atoms with Crippen LogP contribution in [0.2, 0.25) is 0 Å². The number of nitrogens with zero attached hydrogens (tertiary/aromatic N) is 3. The molecule has 0 N–H and O–H groups in total. The number of hydroxylamine groups is 6. The zero-order chi connectivity index (χ0) is 50.5. The number of esters is 3. The highest BCUT2D eigenvalue weighted by molar-refractivity contribution is 5.91. The first-order chi connectivity index (χ1) is 32.8. The lowest BCUT2D eigenvalue weighted by atomic mass is 9.66. The molecule has 3 aromatic carbocycles. The molecule has 376 valence electrons. The molecule has 3 unspecified atom stereocenters. The van der Waals surface area contributed by atoms with E-state index in [4.69, 9.17) is 28.7 Å². The zero-order valence-corrected chi connectivity index (χ0v) is 43.5. The predicted octanol–water partition coefficient (Wildman–Crippen LogP) is 12.5. The summed E-state index contributed by atoms with van der Waals surface area (Å²) < 4.78 is 18.4. The van der Waals surface area contributed by atoms with E-state index in [0.29, 0.717) is 59.7 Å². The monoisotopic (exact) mass is 958 g/mol. The minimum Gasteiger partial charge on any atom is -0.428 e. The number of carbonyl (C=O) groups is 3. The second-order valence-electron chi connectivity index (χ2n) is 23.6. The van der Waals surface area contributed by atoms with E-state index in [1.807, 2.05) is 72.8 Å². The molecular formula is C58H75N3O9. The molecule has 0 amide bonds. The fourth-order valence-corrected chi connectivity index (χ4v) is 12.3. The minimum absolute atomic E-state index is 0.102. The molecule has 3 aliphatic heterocycles. The Morgan fingerprint density at radius 2 is 0.786 bits per heavy atom. The quantitative estimate of drug-likeness (QED) is 0.0977. The van der Waals surface area contributed by atoms with E-state index in [2.05, 4.69) is 98.3 Å². The molecule has 0 saturated heterocycles. The number of benzene rings is 3. The average molecular weight is 958 g/mol. The van der Waals surface area contributed by atoms with Gasteiger partial charge in [-0.15, -0.1) is 0 Å². The lowest BCUT2D eigenvalue weighted by molar-refractivity contribution is -0.515. The Labute approximate surface area is 415 Å². The summed E-state index contributed by atoms with van der Waals surface area (Å²) in [6.07, 6.45) is 12.1. The van der Waals surface area contributed by atoms with Crippen molar-refractivity contribution in [2.45, 2.75) is 186 Å². The Kier molecular flexibility index (Phi) is 14.1. The van der Waals surface area contributed by atoms with Crippen LogP contribution in [0, 0.1) is 11.8 Å². The summed E-state index contributed by atoms with van der Waals surface area (Å²) in [7, 11) is 0. The molecule has 5 aliphatic rings. The first kappa shape index (κ1) is 51.4. The zero-order valence-electron chi connectivity index (χ0n) is 43.5. The standard InChI is InChI=1S/C58H75N3O9/c1-52(2)34-44(65-49(62)41-25-16-13-17-26-41)35-53(3,4)59(52)68-48-33-32-40-24-22-23-31-47(40)58(48,69-60-54(5,6)36-45(37-55(60,7)8)66-50(63)42-27-18-14-19-28-42)70-61-56(9,10)38-46(39-57(61,11)12)67-51(64)43-29-20-15-21-30-43/h13-21,25-30,34,36,38,40,47-48H,22-24,31-33,35,37,39H2,1-12H3. The fourth-order valence-electron chi connectivity index (χ4n) is 12.3. The summed E-state index contributed by atoms with van der Waals surface area (Å²) in [5, 5.41) is 6.19. The Bertz CT molecular complexity index is 2390. The van der Waals surface area contributed by atoms with Gasteiger partial charge in [0.2, 0.25) is 5.79 Å². The second-order valence-corrected chi connectivity index (χ2v) is 23.6. The van der Waals surface area contributed by atoms with Crippen molar-refractivity contribution in [3.05, 3.63) is 143 Å². The molecule has 8 rings (SSSR count). The molecule has 0 bridgehead atoms. The van der Waals surface area contributed by atoms with Crippen LogP contribution in [0.4, 0.5) is 0 Å². The van der Waals surface area contributed by atoms with E-state index < -0.39 is 63.0 Å². The predicted molar refractivity (Wildman–Crippen MR) is 268 cm³/mol. The number of carbonyl (C=O) groups excluding carboxylic acids is 3. The molecule has 2 saturated carbocycles. The van der Waals surface area contributed by atoms with Crippen LogP contribution in [0.3, 0.4) is 0 Å². The SMILES string of the molecule is CC1(C)C=C(OC(=O)c2ccccc2)CC(C)(C)N1OC1CCC2CCCCC2C1(ON1C(C)(C)C=C(OC(=O)c2ccccc2)CC1(C)C)ON1C(C)(C)C=C(OC(=O)c2ccccc2)CC1(C)C. The van der Waals surface area contributed by atoms with Crippen molar-refractivity contribution in [2.24, 2.45) is 11.8 Å². The molecule has 2 aliphatic carbocycles. The number of hydrogen-bond acceptors (Lipinski definition) is 12. The van der Waals surface area contributed by atoms with Crippen LogP contribution in [-0.4, -0.2) is 78.2 Å². The fraction of sp³-hybridized carbons (Fsp3) is 0.534. The number of ether oxygens (including phenoxy) is 3. The van der Waals surface area contributed by atoms with Crippen molar-refractivity contribution in [2.75, 3.05) is 0 Å². The smallest absolute Gasteiger partial charge is 0.343 e. The molecule has 2 fully saturated rings. The van der Waals surface area contributed by atoms with Gasteiger partial charge in [-0.2, -0.15) is 15.2 Å². The highest BCUT2D eigenvalue weighted by atomic mass is 16.9. The van der Waals surface area contributed by atoms with Gasteiger partial charge in [-0.3, -0.25) is 14.5 Å². The Morgan fingerprint density at radius 1 is 0.443 bits per heavy atom. The van der Waals surface area contributed by atoms with Gasteiger partial charge in [0.05, 0.1) is 33.3 Å². The molecule has 3 heterocycles. The van der Waals surface area contributed by atoms with Crippen LogP contribution in [0.5, 0.6) is 0 Å². The molecule has 0 aromatic heterocycles. The second kappa shape index (κ2) is 19.2. The van der Waals surface area contributed by atoms with E-state index in [0.717, 1.165) is 32.1 Å². The molecule has 0 radical (unpaired) electrons. The van der Waals surface area contributed by atoms with Gasteiger partial charge in [0.25, 0.3) is 0 Å². The highest BCUT2D eigenvalue weighted by Gasteiger charge is 2.64. The minimum atomic E-state index is -1.42. The molecule has 3 aromatic rings. The van der Waals surface area contributed by atoms with Crippen molar-refractivity contribution in [3.63, 3.8) is 0 Å². The normalized spacial score (nSPS) is 26.6. The Morgan fingerprint density at radius 3 is 1.14 bits per heavy atom. The molecule has 12 heteroatoms. The molecule has 70 heavy (non-hydrogen) atoms. The first-order valence-electron chi connectivity index (χ1n) is 25.2. The van der Waals surface area contributed by atoms with E-state index in [-0.39, 0.29) is 11.8 Å². The largest absolute Gasteiger partial charge is 0.428 e. The van der Waals surface area contributed by atoms with Gasteiger partial charge in [0.15, 0.2) is 0 Å². The van der Waals surface area contributed by atoms with Gasteiger partial charge in [0, 0.05) is 41.8 Å². The van der Waals surface area contributed by atoms with Crippen LogP contribution in [-0.2, 0) is 28.7 Å². The van der Waals surface area contributed by atoms with Gasteiger partial charge >= 0.3 is 17.9 Å². The number of hydrogen-bond donors (Lipinski definition) is 0. The van der Waals surface area contributed by atoms with Crippen molar-refractivity contribution >= 4 is 17.9 Å². The van der Waals surface area contributed by atoms with Gasteiger partial charge in [-0.05, 0) is 169 Å². The Balaban J connectivity index is 1.21. The van der Waals surface area contributed by atoms with Crippen molar-refractivity contribution < 1.29 is 43.1 Å². The highest BCUT2D eigenvalue weighted by Crippen LogP contribution is 2.55. The summed E-state index contributed by atoms with van der Waals surface area (Å²) in [6, 6.07) is 27.2. The van der Waals surface area contributed by atoms with E-state index in [9.17, 15) is 14.4 Å². The number of fused-ring (bicyclic) bond motifs is 1. The summed E-state index contributed by atoms with van der Waals surface area (Å²) in [4.78, 5) is 64.0. The topological polar surface area (TPSA) is 116 Å². The summed E-state index contributed by atoms with van der Waals surface area (Å²) in [6.45, 7) is 25.2. The third-order valence-corrected chi connectivity index (χ3v) is 14.7. The first-order valence-corrected chi connectivity index (χ1v) is 25.2. The molecule has 3 atom stereocenters. The third kappa shape index (κ3) is 10.6. The number of rotatable bonds is 12. The third-order valence-electron chi connectivity index (χ3n) is 14.7. The lowest BCUT2D eigenvalue weighted by Crippen LogP contribution is -2.73. The van der Waals surface area contributed by atoms with Crippen molar-refractivity contribution in [3.8, 4) is 0 Å². The molecular weight excluding hydrogens is 883 g/mol. The van der Waals surface area contributed by atoms with Gasteiger partial charge in [-0.25, -0.2) is 14.4 Å². The van der Waals surface area contributed by atoms with E-state index in [1.165, 1.54) is 0 Å².